The van der Waals surface area contributed by atoms with Gasteiger partial charge in [0.05, 0.1) is 0 Å². The molecule has 1 unspecified atom stereocenters. The summed E-state index contributed by atoms with van der Waals surface area (Å²) in [5, 5.41) is 10.3. The first-order valence-corrected chi connectivity index (χ1v) is 2.93. The zero-order chi connectivity index (χ0) is 5.70. The van der Waals surface area contributed by atoms with Crippen LogP contribution in [-0.4, -0.2) is 6.10 Å². The SMILES string of the molecule is CCCCC(C)[O-].[Na+]. The summed E-state index contributed by atoms with van der Waals surface area (Å²) in [7, 11) is 0. The molecule has 8 heavy (non-hydrogen) atoms. The zero-order valence-electron chi connectivity index (χ0n) is 6.11. The molecule has 0 amide bonds. The second-order valence-corrected chi connectivity index (χ2v) is 1.95. The molecule has 0 saturated heterocycles. The van der Waals surface area contributed by atoms with E-state index in [2.05, 4.69) is 6.92 Å². The third-order valence-corrected chi connectivity index (χ3v) is 0.964. The van der Waals surface area contributed by atoms with Crippen molar-refractivity contribution in [3.05, 3.63) is 0 Å². The Hall–Kier alpha value is 0.960. The van der Waals surface area contributed by atoms with Crippen molar-refractivity contribution in [1.82, 2.24) is 0 Å². The number of rotatable bonds is 3. The van der Waals surface area contributed by atoms with Gasteiger partial charge in [0.25, 0.3) is 0 Å². The van der Waals surface area contributed by atoms with Crippen LogP contribution in [-0.2, 0) is 0 Å². The van der Waals surface area contributed by atoms with Crippen LogP contribution in [0.5, 0.6) is 0 Å². The molecule has 0 aromatic carbocycles. The smallest absolute Gasteiger partial charge is 0.852 e. The summed E-state index contributed by atoms with van der Waals surface area (Å²) in [6, 6.07) is 0. The number of unbranched alkanes of at least 4 members (excludes halogenated alkanes) is 1. The molecule has 0 aliphatic heterocycles. The Bertz CT molecular complexity index is 37.5. The number of hydrogen-bond acceptors (Lipinski definition) is 1. The largest absolute Gasteiger partial charge is 1.00 e. The van der Waals surface area contributed by atoms with Gasteiger partial charge >= 0.3 is 29.6 Å². The second kappa shape index (κ2) is 7.96. The van der Waals surface area contributed by atoms with Gasteiger partial charge in [-0.05, 0) is 0 Å². The molecule has 2 heteroatoms. The van der Waals surface area contributed by atoms with Gasteiger partial charge in [0.15, 0.2) is 0 Å². The van der Waals surface area contributed by atoms with E-state index in [0.29, 0.717) is 0 Å². The van der Waals surface area contributed by atoms with Gasteiger partial charge in [-0.25, -0.2) is 0 Å². The summed E-state index contributed by atoms with van der Waals surface area (Å²) >= 11 is 0. The van der Waals surface area contributed by atoms with Crippen LogP contribution < -0.4 is 34.7 Å². The van der Waals surface area contributed by atoms with Gasteiger partial charge in [0, 0.05) is 0 Å². The van der Waals surface area contributed by atoms with E-state index in [1.165, 1.54) is 0 Å². The third-order valence-electron chi connectivity index (χ3n) is 0.964. The van der Waals surface area contributed by atoms with Gasteiger partial charge in [-0.3, -0.25) is 0 Å². The Kier molecular flexibility index (Phi) is 11.7. The Morgan fingerprint density at radius 1 is 1.50 bits per heavy atom. The van der Waals surface area contributed by atoms with E-state index < -0.39 is 0 Å². The van der Waals surface area contributed by atoms with Crippen LogP contribution in [0.3, 0.4) is 0 Å². The summed E-state index contributed by atoms with van der Waals surface area (Å²) in [4.78, 5) is 0. The average molecular weight is 124 g/mol. The van der Waals surface area contributed by atoms with Crippen LogP contribution >= 0.6 is 0 Å². The third kappa shape index (κ3) is 10.0. The van der Waals surface area contributed by atoms with Crippen LogP contribution in [0.1, 0.15) is 33.1 Å². The van der Waals surface area contributed by atoms with E-state index in [9.17, 15) is 5.11 Å². The summed E-state index contributed by atoms with van der Waals surface area (Å²) in [5.74, 6) is 0. The van der Waals surface area contributed by atoms with Gasteiger partial charge in [-0.2, -0.15) is 0 Å². The Morgan fingerprint density at radius 2 is 2.00 bits per heavy atom. The van der Waals surface area contributed by atoms with Crippen LogP contribution in [0.4, 0.5) is 0 Å². The van der Waals surface area contributed by atoms with Crippen molar-refractivity contribution in [3.8, 4) is 0 Å². The van der Waals surface area contributed by atoms with Crippen LogP contribution in [0.2, 0.25) is 0 Å². The van der Waals surface area contributed by atoms with E-state index in [1.54, 1.807) is 6.92 Å². The maximum absolute atomic E-state index is 10.3. The summed E-state index contributed by atoms with van der Waals surface area (Å²) in [5.41, 5.74) is 0. The molecule has 0 aromatic rings. The standard InChI is InChI=1S/C6H13O.Na/c1-3-4-5-6(2)7;/h6H,3-5H2,1-2H3;/q-1;+1. The van der Waals surface area contributed by atoms with Gasteiger partial charge in [0.1, 0.15) is 0 Å². The predicted molar refractivity (Wildman–Crippen MR) is 29.0 cm³/mol. The van der Waals surface area contributed by atoms with Crippen molar-refractivity contribution in [2.75, 3.05) is 0 Å². The minimum atomic E-state index is -0.347. The fourth-order valence-electron chi connectivity index (χ4n) is 0.492. The molecule has 0 bridgehead atoms. The molecule has 1 atom stereocenters. The predicted octanol–water partition coefficient (Wildman–Crippen LogP) is -2.07. The second-order valence-electron chi connectivity index (χ2n) is 1.95. The van der Waals surface area contributed by atoms with E-state index in [-0.39, 0.29) is 35.7 Å². The topological polar surface area (TPSA) is 23.1 Å². The summed E-state index contributed by atoms with van der Waals surface area (Å²) in [6.07, 6.45) is 2.73. The fourth-order valence-corrected chi connectivity index (χ4v) is 0.492. The first-order valence-electron chi connectivity index (χ1n) is 2.93. The first-order chi connectivity index (χ1) is 3.27. The van der Waals surface area contributed by atoms with Gasteiger partial charge in [0.2, 0.25) is 0 Å². The molecule has 0 aliphatic carbocycles. The minimum Gasteiger partial charge on any atom is -0.852 e. The van der Waals surface area contributed by atoms with Crippen LogP contribution in [0, 0.1) is 0 Å². The fraction of sp³-hybridized carbons (Fsp3) is 1.00. The van der Waals surface area contributed by atoms with Crippen molar-refractivity contribution < 1.29 is 34.7 Å². The molecule has 0 saturated carbocycles. The van der Waals surface area contributed by atoms with Crippen molar-refractivity contribution in [2.24, 2.45) is 0 Å². The van der Waals surface area contributed by atoms with E-state index in [4.69, 9.17) is 0 Å². The van der Waals surface area contributed by atoms with Crippen molar-refractivity contribution in [2.45, 2.75) is 39.2 Å². The molecule has 0 radical (unpaired) electrons. The number of hydrogen-bond donors (Lipinski definition) is 0. The Morgan fingerprint density at radius 3 is 2.12 bits per heavy atom. The molecule has 44 valence electrons. The van der Waals surface area contributed by atoms with Gasteiger partial charge < -0.3 is 5.11 Å². The van der Waals surface area contributed by atoms with Crippen molar-refractivity contribution in [3.63, 3.8) is 0 Å². The van der Waals surface area contributed by atoms with Crippen molar-refractivity contribution in [1.29, 1.82) is 0 Å². The van der Waals surface area contributed by atoms with E-state index in [0.717, 1.165) is 19.3 Å². The molecule has 0 rings (SSSR count). The summed E-state index contributed by atoms with van der Waals surface area (Å²) in [6.45, 7) is 3.82. The van der Waals surface area contributed by atoms with Crippen LogP contribution in [0.25, 0.3) is 0 Å². The Balaban J connectivity index is 0. The molecule has 0 fully saturated rings. The molecule has 0 spiro atoms. The quantitative estimate of drug-likeness (QED) is 0.396. The molecule has 0 aromatic heterocycles. The first kappa shape index (κ1) is 11.7. The summed E-state index contributed by atoms with van der Waals surface area (Å²) < 4.78 is 0. The zero-order valence-corrected chi connectivity index (χ0v) is 8.11. The molecule has 0 aliphatic rings. The Labute approximate surface area is 73.8 Å². The maximum Gasteiger partial charge on any atom is 1.00 e. The van der Waals surface area contributed by atoms with E-state index in [1.807, 2.05) is 0 Å². The van der Waals surface area contributed by atoms with Crippen LogP contribution in [0.15, 0.2) is 0 Å². The monoisotopic (exact) mass is 124 g/mol. The van der Waals surface area contributed by atoms with E-state index >= 15 is 0 Å². The molecule has 1 nitrogen and oxygen atoms in total. The molecule has 0 N–H and O–H groups in total. The van der Waals surface area contributed by atoms with Gasteiger partial charge in [-0.1, -0.05) is 33.1 Å². The minimum absolute atomic E-state index is 0. The molecule has 0 heterocycles. The molecular formula is C6H13NaO. The normalized spacial score (nSPS) is 12.4. The van der Waals surface area contributed by atoms with Gasteiger partial charge in [-0.15, -0.1) is 6.10 Å². The average Bonchev–Trinajstić information content (AvgIpc) is 1.61. The molecular weight excluding hydrogens is 111 g/mol. The maximum atomic E-state index is 10.3. The van der Waals surface area contributed by atoms with Crippen molar-refractivity contribution >= 4 is 0 Å².